The Hall–Kier alpha value is -1.71. The number of nitrogen functional groups attached to an aromatic ring is 1. The first kappa shape index (κ1) is 8.87. The number of hydrogen-bond acceptors (Lipinski definition) is 4. The molecule has 0 aliphatic carbocycles. The van der Waals surface area contributed by atoms with Gasteiger partial charge in [-0.2, -0.15) is 0 Å². The highest BCUT2D eigenvalue weighted by Crippen LogP contribution is 2.29. The first-order valence-electron chi connectivity index (χ1n) is 4.52. The number of furan rings is 1. The summed E-state index contributed by atoms with van der Waals surface area (Å²) >= 11 is 0. The van der Waals surface area contributed by atoms with Gasteiger partial charge in [-0.1, -0.05) is 12.1 Å². The van der Waals surface area contributed by atoms with Crippen LogP contribution in [0.2, 0.25) is 0 Å². The monoisotopic (exact) mass is 192 g/mol. The van der Waals surface area contributed by atoms with Crippen molar-refractivity contribution in [2.24, 2.45) is 0 Å². The van der Waals surface area contributed by atoms with Crippen molar-refractivity contribution in [3.63, 3.8) is 0 Å². The highest BCUT2D eigenvalue weighted by molar-refractivity contribution is 5.67. The normalized spacial score (nSPS) is 10.7. The Kier molecular flexibility index (Phi) is 2.04. The van der Waals surface area contributed by atoms with Gasteiger partial charge >= 0.3 is 0 Å². The maximum absolute atomic E-state index is 5.58. The zero-order valence-corrected chi connectivity index (χ0v) is 8.20. The zero-order chi connectivity index (χ0) is 10.1. The predicted octanol–water partition coefficient (Wildman–Crippen LogP) is 2.39. The van der Waals surface area contributed by atoms with Crippen molar-refractivity contribution in [2.75, 3.05) is 5.73 Å². The molecule has 0 saturated heterocycles. The molecule has 2 N–H and O–H groups in total. The van der Waals surface area contributed by atoms with Gasteiger partial charge in [0, 0.05) is 17.5 Å². The molecule has 4 nitrogen and oxygen atoms in total. The number of aryl methyl sites for hydroxylation is 1. The third-order valence-electron chi connectivity index (χ3n) is 2.28. The Balaban J connectivity index is 2.54. The second-order valence-electron chi connectivity index (χ2n) is 3.13. The minimum atomic E-state index is 0.364. The summed E-state index contributed by atoms with van der Waals surface area (Å²) < 4.78 is 10.2. The lowest BCUT2D eigenvalue weighted by Crippen LogP contribution is -1.86. The van der Waals surface area contributed by atoms with E-state index in [9.17, 15) is 0 Å². The van der Waals surface area contributed by atoms with Crippen LogP contribution in [0.5, 0.6) is 0 Å². The summed E-state index contributed by atoms with van der Waals surface area (Å²) in [5, 5.41) is 3.91. The molecule has 0 amide bonds. The summed E-state index contributed by atoms with van der Waals surface area (Å²) in [5.41, 5.74) is 8.18. The number of aromatic nitrogens is 1. The Labute approximate surface area is 81.7 Å². The number of rotatable bonds is 2. The molecule has 2 aromatic heterocycles. The van der Waals surface area contributed by atoms with E-state index in [0.717, 1.165) is 29.0 Å². The van der Waals surface area contributed by atoms with Crippen LogP contribution in [0.1, 0.15) is 18.2 Å². The van der Waals surface area contributed by atoms with Crippen LogP contribution in [0.25, 0.3) is 11.3 Å². The molecular formula is C10H12N2O2. The van der Waals surface area contributed by atoms with Gasteiger partial charge in [0.05, 0.1) is 6.26 Å². The minimum Gasteiger partial charge on any atom is -0.469 e. The van der Waals surface area contributed by atoms with Gasteiger partial charge in [-0.15, -0.1) is 0 Å². The van der Waals surface area contributed by atoms with Crippen molar-refractivity contribution in [3.8, 4) is 11.3 Å². The van der Waals surface area contributed by atoms with Crippen molar-refractivity contribution >= 4 is 5.88 Å². The lowest BCUT2D eigenvalue weighted by Gasteiger charge is -1.95. The van der Waals surface area contributed by atoms with Gasteiger partial charge in [0.2, 0.25) is 5.88 Å². The number of nitrogens with zero attached hydrogens (tertiary/aromatic N) is 1. The van der Waals surface area contributed by atoms with E-state index >= 15 is 0 Å². The molecule has 14 heavy (non-hydrogen) atoms. The van der Waals surface area contributed by atoms with Crippen LogP contribution in [0.3, 0.4) is 0 Å². The molecule has 2 aromatic rings. The van der Waals surface area contributed by atoms with Gasteiger partial charge in [-0.3, -0.25) is 0 Å². The maximum Gasteiger partial charge on any atom is 0.225 e. The molecule has 0 unspecified atom stereocenters. The lowest BCUT2D eigenvalue weighted by atomic mass is 10.1. The van der Waals surface area contributed by atoms with Crippen LogP contribution in [-0.4, -0.2) is 5.16 Å². The Bertz CT molecular complexity index is 443. The topological polar surface area (TPSA) is 65.2 Å². The molecule has 0 bridgehead atoms. The first-order valence-corrected chi connectivity index (χ1v) is 4.52. The molecule has 0 saturated carbocycles. The fourth-order valence-corrected chi connectivity index (χ4v) is 1.43. The van der Waals surface area contributed by atoms with E-state index in [1.165, 1.54) is 0 Å². The van der Waals surface area contributed by atoms with Gasteiger partial charge < -0.3 is 14.7 Å². The zero-order valence-electron chi connectivity index (χ0n) is 8.20. The molecule has 2 rings (SSSR count). The van der Waals surface area contributed by atoms with Crippen molar-refractivity contribution in [1.29, 1.82) is 0 Å². The Morgan fingerprint density at radius 3 is 2.86 bits per heavy atom. The number of nitrogens with two attached hydrogens (primary N) is 1. The standard InChI is InChI=1S/C10H12N2O2/c1-3-8-7(4-5-13-8)9-6(2)10(11)14-12-9/h4-5H,3,11H2,1-2H3. The largest absolute Gasteiger partial charge is 0.469 e. The molecule has 0 atom stereocenters. The van der Waals surface area contributed by atoms with Crippen molar-refractivity contribution < 1.29 is 8.94 Å². The predicted molar refractivity (Wildman–Crippen MR) is 52.7 cm³/mol. The average molecular weight is 192 g/mol. The SMILES string of the molecule is CCc1occc1-c1noc(N)c1C. The van der Waals surface area contributed by atoms with Gasteiger partial charge in [-0.05, 0) is 13.0 Å². The summed E-state index contributed by atoms with van der Waals surface area (Å²) in [6.45, 7) is 3.91. The van der Waals surface area contributed by atoms with Crippen molar-refractivity contribution in [3.05, 3.63) is 23.7 Å². The van der Waals surface area contributed by atoms with Crippen LogP contribution in [0.4, 0.5) is 5.88 Å². The maximum atomic E-state index is 5.58. The van der Waals surface area contributed by atoms with Gasteiger partial charge in [0.25, 0.3) is 0 Å². The molecule has 0 aliphatic rings. The lowest BCUT2D eigenvalue weighted by molar-refractivity contribution is 0.438. The van der Waals surface area contributed by atoms with E-state index in [4.69, 9.17) is 14.7 Å². The summed E-state index contributed by atoms with van der Waals surface area (Å²) in [7, 11) is 0. The third-order valence-corrected chi connectivity index (χ3v) is 2.28. The van der Waals surface area contributed by atoms with E-state index < -0.39 is 0 Å². The highest BCUT2D eigenvalue weighted by Gasteiger charge is 2.15. The van der Waals surface area contributed by atoms with Crippen LogP contribution in [0.15, 0.2) is 21.3 Å². The fraction of sp³-hybridized carbons (Fsp3) is 0.300. The Morgan fingerprint density at radius 1 is 1.50 bits per heavy atom. The quantitative estimate of drug-likeness (QED) is 0.793. The Morgan fingerprint density at radius 2 is 2.29 bits per heavy atom. The molecule has 4 heteroatoms. The molecular weight excluding hydrogens is 180 g/mol. The second kappa shape index (κ2) is 3.21. The summed E-state index contributed by atoms with van der Waals surface area (Å²) in [4.78, 5) is 0. The highest BCUT2D eigenvalue weighted by atomic mass is 16.5. The van der Waals surface area contributed by atoms with E-state index in [1.54, 1.807) is 6.26 Å². The molecule has 0 aromatic carbocycles. The van der Waals surface area contributed by atoms with Gasteiger partial charge in [0.1, 0.15) is 11.5 Å². The second-order valence-corrected chi connectivity index (χ2v) is 3.13. The van der Waals surface area contributed by atoms with Gasteiger partial charge in [-0.25, -0.2) is 0 Å². The van der Waals surface area contributed by atoms with Crippen molar-refractivity contribution in [2.45, 2.75) is 20.3 Å². The smallest absolute Gasteiger partial charge is 0.225 e. The van der Waals surface area contributed by atoms with Crippen LogP contribution >= 0.6 is 0 Å². The molecule has 0 aliphatic heterocycles. The third kappa shape index (κ3) is 1.19. The van der Waals surface area contributed by atoms with Gasteiger partial charge in [0.15, 0.2) is 0 Å². The van der Waals surface area contributed by atoms with Crippen LogP contribution in [0, 0.1) is 6.92 Å². The summed E-state index contributed by atoms with van der Waals surface area (Å²) in [5.74, 6) is 1.27. The molecule has 0 radical (unpaired) electrons. The number of anilines is 1. The summed E-state index contributed by atoms with van der Waals surface area (Å²) in [6.07, 6.45) is 2.48. The minimum absolute atomic E-state index is 0.364. The fourth-order valence-electron chi connectivity index (χ4n) is 1.43. The number of hydrogen-bond donors (Lipinski definition) is 1. The van der Waals surface area contributed by atoms with E-state index in [2.05, 4.69) is 5.16 Å². The van der Waals surface area contributed by atoms with Crippen LogP contribution < -0.4 is 5.73 Å². The van der Waals surface area contributed by atoms with E-state index in [0.29, 0.717) is 5.88 Å². The van der Waals surface area contributed by atoms with Crippen LogP contribution in [-0.2, 0) is 6.42 Å². The average Bonchev–Trinajstić information content (AvgIpc) is 2.75. The molecule has 0 fully saturated rings. The van der Waals surface area contributed by atoms with E-state index in [1.807, 2.05) is 19.9 Å². The van der Waals surface area contributed by atoms with Crippen molar-refractivity contribution in [1.82, 2.24) is 5.16 Å². The molecule has 0 spiro atoms. The first-order chi connectivity index (χ1) is 6.74. The molecule has 2 heterocycles. The summed E-state index contributed by atoms with van der Waals surface area (Å²) in [6, 6.07) is 1.88. The molecule has 74 valence electrons. The van der Waals surface area contributed by atoms with E-state index in [-0.39, 0.29) is 0 Å².